The topological polar surface area (TPSA) is 99.2 Å². The Labute approximate surface area is 111 Å². The van der Waals surface area contributed by atoms with Crippen LogP contribution in [-0.2, 0) is 13.1 Å². The minimum Gasteiger partial charge on any atom is -0.477 e. The average Bonchev–Trinajstić information content (AvgIpc) is 2.92. The van der Waals surface area contributed by atoms with Crippen LogP contribution in [0.15, 0.2) is 11.0 Å². The molecule has 2 aromatic heterocycles. The van der Waals surface area contributed by atoms with E-state index in [1.54, 1.807) is 6.92 Å². The first-order valence-electron chi connectivity index (χ1n) is 5.57. The number of carboxylic acids is 1. The molecule has 0 amide bonds. The van der Waals surface area contributed by atoms with E-state index in [2.05, 4.69) is 15.0 Å². The van der Waals surface area contributed by atoms with Gasteiger partial charge >= 0.3 is 5.97 Å². The lowest BCUT2D eigenvalue weighted by Crippen LogP contribution is -2.17. The average molecular weight is 278 g/mol. The highest BCUT2D eigenvalue weighted by Crippen LogP contribution is 2.29. The van der Waals surface area contributed by atoms with E-state index >= 15 is 0 Å². The second kappa shape index (κ2) is 4.16. The molecule has 0 radical (unpaired) electrons. The normalized spacial score (nSPS) is 13.6. The van der Waals surface area contributed by atoms with Crippen LogP contribution in [0.1, 0.15) is 26.8 Å². The lowest BCUT2D eigenvalue weighted by atomic mass is 10.3. The Hall–Kier alpha value is -2.22. The number of aromatic nitrogens is 3. The molecule has 3 heterocycles. The number of hydrogen-bond donors (Lipinski definition) is 2. The molecule has 0 spiro atoms. The van der Waals surface area contributed by atoms with Crippen LogP contribution in [0.25, 0.3) is 0 Å². The van der Waals surface area contributed by atoms with Crippen LogP contribution < -0.4 is 10.5 Å². The smallest absolute Gasteiger partial charge is 0.347 e. The summed E-state index contributed by atoms with van der Waals surface area (Å²) in [4.78, 5) is 35.7. The van der Waals surface area contributed by atoms with Gasteiger partial charge in [-0.25, -0.2) is 14.8 Å². The van der Waals surface area contributed by atoms with Crippen LogP contribution >= 0.6 is 11.3 Å². The number of nitrogens with one attached hydrogen (secondary N) is 1. The van der Waals surface area contributed by atoms with Crippen molar-refractivity contribution in [1.29, 1.82) is 0 Å². The fourth-order valence-electron chi connectivity index (χ4n) is 2.04. The second-order valence-electron chi connectivity index (χ2n) is 4.24. The molecule has 0 fully saturated rings. The molecule has 0 aromatic carbocycles. The number of aryl methyl sites for hydroxylation is 1. The number of carboxylic acid groups (broad SMARTS) is 1. The summed E-state index contributed by atoms with van der Waals surface area (Å²) in [6, 6.07) is 0. The quantitative estimate of drug-likeness (QED) is 0.841. The molecule has 7 nitrogen and oxygen atoms in total. The van der Waals surface area contributed by atoms with Gasteiger partial charge in [-0.2, -0.15) is 0 Å². The Kier molecular flexibility index (Phi) is 2.59. The zero-order chi connectivity index (χ0) is 13.6. The molecule has 8 heteroatoms. The maximum absolute atomic E-state index is 11.8. The number of hydrogen-bond acceptors (Lipinski definition) is 6. The molecule has 3 rings (SSSR count). The van der Waals surface area contributed by atoms with Crippen molar-refractivity contribution < 1.29 is 9.90 Å². The molecule has 0 unspecified atom stereocenters. The van der Waals surface area contributed by atoms with Crippen molar-refractivity contribution in [3.63, 3.8) is 0 Å². The number of rotatable bonds is 2. The molecular weight excluding hydrogens is 268 g/mol. The SMILES string of the molecule is Cc1nc2c(c(=O)[nH]1)CN(c1ncc(C(=O)O)s1)C2. The van der Waals surface area contributed by atoms with E-state index in [0.717, 1.165) is 17.0 Å². The van der Waals surface area contributed by atoms with Gasteiger partial charge in [0.05, 0.1) is 30.5 Å². The minimum absolute atomic E-state index is 0.139. The van der Waals surface area contributed by atoms with Gasteiger partial charge in [0.1, 0.15) is 10.7 Å². The molecule has 98 valence electrons. The Morgan fingerprint density at radius 1 is 1.53 bits per heavy atom. The Morgan fingerprint density at radius 3 is 3.00 bits per heavy atom. The van der Waals surface area contributed by atoms with Gasteiger partial charge in [0.25, 0.3) is 5.56 Å². The summed E-state index contributed by atoms with van der Waals surface area (Å²) in [5.74, 6) is -0.414. The number of thiazole rings is 1. The summed E-state index contributed by atoms with van der Waals surface area (Å²) in [5, 5.41) is 9.47. The zero-order valence-electron chi connectivity index (χ0n) is 10.0. The third-order valence-electron chi connectivity index (χ3n) is 2.88. The van der Waals surface area contributed by atoms with Crippen molar-refractivity contribution in [2.75, 3.05) is 4.90 Å². The first-order chi connectivity index (χ1) is 9.04. The van der Waals surface area contributed by atoms with Gasteiger partial charge in [-0.15, -0.1) is 0 Å². The van der Waals surface area contributed by atoms with Crippen molar-refractivity contribution in [3.05, 3.63) is 38.5 Å². The van der Waals surface area contributed by atoms with E-state index < -0.39 is 5.97 Å². The van der Waals surface area contributed by atoms with Crippen LogP contribution in [0.3, 0.4) is 0 Å². The summed E-state index contributed by atoms with van der Waals surface area (Å²) >= 11 is 1.09. The number of H-pyrrole nitrogens is 1. The van der Waals surface area contributed by atoms with Crippen LogP contribution in [-0.4, -0.2) is 26.0 Å². The summed E-state index contributed by atoms with van der Waals surface area (Å²) in [5.41, 5.74) is 1.21. The maximum atomic E-state index is 11.8. The highest BCUT2D eigenvalue weighted by molar-refractivity contribution is 7.17. The molecular formula is C11H10N4O3S. The Balaban J connectivity index is 1.93. The van der Waals surface area contributed by atoms with Crippen LogP contribution in [0.4, 0.5) is 5.13 Å². The third kappa shape index (κ3) is 1.99. The third-order valence-corrected chi connectivity index (χ3v) is 3.93. The van der Waals surface area contributed by atoms with Gasteiger partial charge in [-0.05, 0) is 6.92 Å². The molecule has 0 bridgehead atoms. The number of fused-ring (bicyclic) bond motifs is 1. The van der Waals surface area contributed by atoms with Gasteiger partial charge in [0, 0.05) is 0 Å². The van der Waals surface area contributed by atoms with E-state index in [1.165, 1.54) is 6.20 Å². The number of nitrogens with zero attached hydrogens (tertiary/aromatic N) is 3. The first kappa shape index (κ1) is 11.8. The van der Waals surface area contributed by atoms with Crippen LogP contribution in [0, 0.1) is 6.92 Å². The standard InChI is InChI=1S/C11H10N4O3S/c1-5-13-7-4-15(3-6(7)9(16)14-5)11-12-2-8(19-11)10(17)18/h2H,3-4H2,1H3,(H,17,18)(H,13,14,16). The van der Waals surface area contributed by atoms with Crippen molar-refractivity contribution in [1.82, 2.24) is 15.0 Å². The Bertz CT molecular complexity index is 721. The van der Waals surface area contributed by atoms with Gasteiger partial charge < -0.3 is 15.0 Å². The summed E-state index contributed by atoms with van der Waals surface area (Å²) < 4.78 is 0. The monoisotopic (exact) mass is 278 g/mol. The molecule has 1 aliphatic rings. The number of aromatic carboxylic acids is 1. The zero-order valence-corrected chi connectivity index (χ0v) is 10.8. The van der Waals surface area contributed by atoms with E-state index in [1.807, 2.05) is 4.90 Å². The van der Waals surface area contributed by atoms with Crippen molar-refractivity contribution in [2.45, 2.75) is 20.0 Å². The molecule has 0 saturated heterocycles. The summed E-state index contributed by atoms with van der Waals surface area (Å²) in [6.07, 6.45) is 1.33. The second-order valence-corrected chi connectivity index (χ2v) is 5.25. The van der Waals surface area contributed by atoms with Crippen molar-refractivity contribution in [3.8, 4) is 0 Å². The number of aromatic amines is 1. The van der Waals surface area contributed by atoms with Gasteiger partial charge in [-0.3, -0.25) is 4.79 Å². The largest absolute Gasteiger partial charge is 0.477 e. The predicted molar refractivity (Wildman–Crippen MR) is 68.6 cm³/mol. The number of anilines is 1. The maximum Gasteiger partial charge on any atom is 0.347 e. The molecule has 0 saturated carbocycles. The highest BCUT2D eigenvalue weighted by atomic mass is 32.1. The minimum atomic E-state index is -0.993. The van der Waals surface area contributed by atoms with E-state index in [4.69, 9.17) is 5.11 Å². The molecule has 0 aliphatic carbocycles. The highest BCUT2D eigenvalue weighted by Gasteiger charge is 2.26. The van der Waals surface area contributed by atoms with Gasteiger partial charge in [-0.1, -0.05) is 11.3 Å². The van der Waals surface area contributed by atoms with Crippen molar-refractivity contribution >= 4 is 22.4 Å². The Morgan fingerprint density at radius 2 is 2.32 bits per heavy atom. The lowest BCUT2D eigenvalue weighted by molar-refractivity contribution is 0.0702. The fourth-order valence-corrected chi connectivity index (χ4v) is 2.79. The first-order valence-corrected chi connectivity index (χ1v) is 6.39. The van der Waals surface area contributed by atoms with Gasteiger partial charge in [0.15, 0.2) is 5.13 Å². The molecule has 1 aliphatic heterocycles. The number of carbonyl (C=O) groups is 1. The van der Waals surface area contributed by atoms with Crippen LogP contribution in [0.2, 0.25) is 0 Å². The van der Waals surface area contributed by atoms with Crippen molar-refractivity contribution in [2.24, 2.45) is 0 Å². The van der Waals surface area contributed by atoms with Gasteiger partial charge in [0.2, 0.25) is 0 Å². The van der Waals surface area contributed by atoms with E-state index in [9.17, 15) is 9.59 Å². The summed E-state index contributed by atoms with van der Waals surface area (Å²) in [7, 11) is 0. The predicted octanol–water partition coefficient (Wildman–Crippen LogP) is 0.753. The molecule has 0 atom stereocenters. The van der Waals surface area contributed by atoms with E-state index in [0.29, 0.717) is 29.6 Å². The molecule has 2 N–H and O–H groups in total. The lowest BCUT2D eigenvalue weighted by Gasteiger charge is -2.11. The van der Waals surface area contributed by atoms with E-state index in [-0.39, 0.29) is 10.4 Å². The van der Waals surface area contributed by atoms with Crippen LogP contribution in [0.5, 0.6) is 0 Å². The molecule has 19 heavy (non-hydrogen) atoms. The molecule has 2 aromatic rings. The summed E-state index contributed by atoms with van der Waals surface area (Å²) in [6.45, 7) is 2.62. The fraction of sp³-hybridized carbons (Fsp3) is 0.273.